The number of carbonyl (C=O) groups is 2. The molecule has 1 heterocycles. The van der Waals surface area contributed by atoms with E-state index in [9.17, 15) is 19.8 Å². The molecule has 6 heteroatoms. The summed E-state index contributed by atoms with van der Waals surface area (Å²) in [5.41, 5.74) is -0.130. The van der Waals surface area contributed by atoms with Gasteiger partial charge in [0.15, 0.2) is 0 Å². The first-order valence-electron chi connectivity index (χ1n) is 8.74. The Labute approximate surface area is 162 Å². The van der Waals surface area contributed by atoms with E-state index in [4.69, 9.17) is 0 Å². The first-order valence-corrected chi connectivity index (χ1v) is 8.74. The van der Waals surface area contributed by atoms with Crippen LogP contribution in [0, 0.1) is 0 Å². The number of nitrogens with one attached hydrogen (secondary N) is 1. The predicted molar refractivity (Wildman–Crippen MR) is 106 cm³/mol. The maximum Gasteiger partial charge on any atom is 0.330 e. The molecule has 142 valence electrons. The molecule has 2 aromatic carbocycles. The molecule has 1 amide bonds. The number of phenolic OH excluding ortho intramolecular Hbond substituents is 1. The molecule has 3 aromatic rings. The monoisotopic (exact) mass is 376 g/mol. The lowest BCUT2D eigenvalue weighted by atomic mass is 9.87. The highest BCUT2D eigenvalue weighted by Crippen LogP contribution is 2.22. The molecule has 0 fully saturated rings. The van der Waals surface area contributed by atoms with Crippen LogP contribution in [0.2, 0.25) is 0 Å². The molecule has 1 atom stereocenters. The summed E-state index contributed by atoms with van der Waals surface area (Å²) in [6, 6.07) is 16.9. The second-order valence-electron chi connectivity index (χ2n) is 6.57. The van der Waals surface area contributed by atoms with Crippen molar-refractivity contribution < 1.29 is 19.8 Å². The van der Waals surface area contributed by atoms with E-state index >= 15 is 0 Å². The lowest BCUT2D eigenvalue weighted by Gasteiger charge is -2.29. The molecule has 6 nitrogen and oxygen atoms in total. The number of aromatic nitrogens is 1. The number of fused-ring (bicyclic) bond motifs is 1. The van der Waals surface area contributed by atoms with Crippen LogP contribution in [0.5, 0.6) is 5.75 Å². The van der Waals surface area contributed by atoms with Crippen LogP contribution in [0.15, 0.2) is 73.3 Å². The average Bonchev–Trinajstić information content (AvgIpc) is 2.69. The smallest absolute Gasteiger partial charge is 0.330 e. The lowest BCUT2D eigenvalue weighted by Crippen LogP contribution is -2.56. The third-order valence-electron chi connectivity index (χ3n) is 4.53. The number of carboxylic acids is 1. The summed E-state index contributed by atoms with van der Waals surface area (Å²) in [6.45, 7) is 3.63. The molecule has 0 aliphatic heterocycles. The predicted octanol–water partition coefficient (Wildman–Crippen LogP) is 3.31. The Morgan fingerprint density at radius 2 is 1.79 bits per heavy atom. The Kier molecular flexibility index (Phi) is 5.40. The third kappa shape index (κ3) is 4.01. The van der Waals surface area contributed by atoms with Gasteiger partial charge in [-0.05, 0) is 36.2 Å². The van der Waals surface area contributed by atoms with E-state index in [1.807, 2.05) is 18.2 Å². The van der Waals surface area contributed by atoms with Crippen LogP contribution in [-0.4, -0.2) is 32.6 Å². The van der Waals surface area contributed by atoms with Crippen molar-refractivity contribution in [3.63, 3.8) is 0 Å². The number of para-hydroxylation sites is 1. The van der Waals surface area contributed by atoms with Gasteiger partial charge in [-0.1, -0.05) is 42.5 Å². The number of phenols is 1. The van der Waals surface area contributed by atoms with E-state index in [0.717, 1.165) is 5.39 Å². The molecule has 28 heavy (non-hydrogen) atoms. The van der Waals surface area contributed by atoms with Crippen molar-refractivity contribution in [1.29, 1.82) is 0 Å². The van der Waals surface area contributed by atoms with E-state index in [-0.39, 0.29) is 24.3 Å². The number of rotatable bonds is 7. The normalized spacial score (nSPS) is 12.9. The average molecular weight is 376 g/mol. The summed E-state index contributed by atoms with van der Waals surface area (Å²) in [4.78, 5) is 29.3. The summed E-state index contributed by atoms with van der Waals surface area (Å²) in [6.07, 6.45) is 1.53. The largest absolute Gasteiger partial charge is 0.508 e. The van der Waals surface area contributed by atoms with Crippen molar-refractivity contribution in [2.75, 3.05) is 0 Å². The number of aliphatic carboxylic acids is 1. The Balaban J connectivity index is 1.92. The van der Waals surface area contributed by atoms with E-state index in [1.165, 1.54) is 18.2 Å². The third-order valence-corrected chi connectivity index (χ3v) is 4.53. The highest BCUT2D eigenvalue weighted by atomic mass is 16.4. The van der Waals surface area contributed by atoms with Crippen LogP contribution < -0.4 is 5.32 Å². The summed E-state index contributed by atoms with van der Waals surface area (Å²) in [5, 5.41) is 22.9. The van der Waals surface area contributed by atoms with Gasteiger partial charge in [0.2, 0.25) is 0 Å². The lowest BCUT2D eigenvalue weighted by molar-refractivity contribution is -0.144. The first kappa shape index (κ1) is 19.1. The van der Waals surface area contributed by atoms with Crippen molar-refractivity contribution in [3.8, 4) is 5.75 Å². The number of hydrogen-bond acceptors (Lipinski definition) is 4. The topological polar surface area (TPSA) is 99.5 Å². The molecular weight excluding hydrogens is 356 g/mol. The molecule has 0 saturated heterocycles. The number of carbonyl (C=O) groups excluding carboxylic acids is 1. The van der Waals surface area contributed by atoms with Gasteiger partial charge in [0.1, 0.15) is 17.0 Å². The van der Waals surface area contributed by atoms with Crippen LogP contribution in [0.25, 0.3) is 10.9 Å². The maximum absolute atomic E-state index is 12.8. The van der Waals surface area contributed by atoms with Gasteiger partial charge in [0.05, 0.1) is 5.52 Å². The highest BCUT2D eigenvalue weighted by Gasteiger charge is 2.39. The number of nitrogens with zero attached hydrogens (tertiary/aromatic N) is 1. The zero-order valence-electron chi connectivity index (χ0n) is 15.1. The second-order valence-corrected chi connectivity index (χ2v) is 6.57. The van der Waals surface area contributed by atoms with E-state index < -0.39 is 17.4 Å². The number of hydrogen-bond donors (Lipinski definition) is 3. The van der Waals surface area contributed by atoms with Gasteiger partial charge in [0, 0.05) is 11.8 Å². The van der Waals surface area contributed by atoms with Crippen LogP contribution in [0.4, 0.5) is 0 Å². The second kappa shape index (κ2) is 7.92. The van der Waals surface area contributed by atoms with Gasteiger partial charge >= 0.3 is 5.97 Å². The highest BCUT2D eigenvalue weighted by molar-refractivity contribution is 5.98. The van der Waals surface area contributed by atoms with Crippen molar-refractivity contribution in [3.05, 3.63) is 84.6 Å². The van der Waals surface area contributed by atoms with Crippen LogP contribution in [0.1, 0.15) is 22.5 Å². The Morgan fingerprint density at radius 3 is 2.46 bits per heavy atom. The maximum atomic E-state index is 12.8. The molecule has 3 rings (SSSR count). The Morgan fingerprint density at radius 1 is 1.07 bits per heavy atom. The Hall–Kier alpha value is -3.67. The summed E-state index contributed by atoms with van der Waals surface area (Å²) >= 11 is 0. The molecule has 0 bridgehead atoms. The number of aromatic hydroxyl groups is 1. The molecule has 0 spiro atoms. The van der Waals surface area contributed by atoms with E-state index in [0.29, 0.717) is 11.1 Å². The molecule has 0 aliphatic carbocycles. The minimum atomic E-state index is -1.58. The molecule has 0 saturated carbocycles. The van der Waals surface area contributed by atoms with Gasteiger partial charge in [-0.25, -0.2) is 9.78 Å². The van der Waals surface area contributed by atoms with Crippen molar-refractivity contribution in [2.45, 2.75) is 18.4 Å². The standard InChI is InChI=1S/C22H20N2O4/c1-2-13-22(21(27)28,14-15-7-10-17(25)11-8-15)24-20(26)19-12-9-16-5-3-4-6-18(16)23-19/h2-12,25H,1,13-14H2,(H,24,26)(H,27,28). The van der Waals surface area contributed by atoms with Gasteiger partial charge < -0.3 is 15.5 Å². The quantitative estimate of drug-likeness (QED) is 0.550. The Bertz CT molecular complexity index is 1030. The van der Waals surface area contributed by atoms with Crippen molar-refractivity contribution in [1.82, 2.24) is 10.3 Å². The fourth-order valence-electron chi connectivity index (χ4n) is 3.07. The van der Waals surface area contributed by atoms with Crippen LogP contribution >= 0.6 is 0 Å². The first-order chi connectivity index (χ1) is 13.4. The zero-order valence-corrected chi connectivity index (χ0v) is 15.1. The minimum absolute atomic E-state index is 0.0303. The molecule has 0 aliphatic rings. The summed E-state index contributed by atoms with van der Waals surface area (Å²) in [5.74, 6) is -1.67. The molecule has 1 aromatic heterocycles. The van der Waals surface area contributed by atoms with E-state index in [2.05, 4.69) is 16.9 Å². The van der Waals surface area contributed by atoms with Gasteiger partial charge in [-0.2, -0.15) is 0 Å². The van der Waals surface area contributed by atoms with Gasteiger partial charge in [-0.3, -0.25) is 4.79 Å². The van der Waals surface area contributed by atoms with E-state index in [1.54, 1.807) is 30.3 Å². The number of benzene rings is 2. The van der Waals surface area contributed by atoms with Crippen molar-refractivity contribution in [2.24, 2.45) is 0 Å². The van der Waals surface area contributed by atoms with Crippen molar-refractivity contribution >= 4 is 22.8 Å². The fourth-order valence-corrected chi connectivity index (χ4v) is 3.07. The fraction of sp³-hybridized carbons (Fsp3) is 0.136. The van der Waals surface area contributed by atoms with Crippen LogP contribution in [-0.2, 0) is 11.2 Å². The number of carboxylic acid groups (broad SMARTS) is 1. The van der Waals surface area contributed by atoms with Gasteiger partial charge in [-0.15, -0.1) is 6.58 Å². The molecular formula is C22H20N2O4. The SMILES string of the molecule is C=CCC(Cc1ccc(O)cc1)(NC(=O)c1ccc2ccccc2n1)C(=O)O. The van der Waals surface area contributed by atoms with Crippen LogP contribution in [0.3, 0.4) is 0 Å². The summed E-state index contributed by atoms with van der Waals surface area (Å²) in [7, 11) is 0. The molecule has 1 unspecified atom stereocenters. The molecule has 0 radical (unpaired) electrons. The summed E-state index contributed by atoms with van der Waals surface area (Å²) < 4.78 is 0. The zero-order chi connectivity index (χ0) is 20.1. The number of pyridine rings is 1. The molecule has 3 N–H and O–H groups in total. The minimum Gasteiger partial charge on any atom is -0.508 e. The van der Waals surface area contributed by atoms with Gasteiger partial charge in [0.25, 0.3) is 5.91 Å². The number of amides is 1.